The second kappa shape index (κ2) is 6.01. The average molecular weight is 315 g/mol. The van der Waals surface area contributed by atoms with Gasteiger partial charge in [0.05, 0.1) is 11.8 Å². The van der Waals surface area contributed by atoms with Crippen LogP contribution in [0.15, 0.2) is 77.4 Å². The molecule has 0 aliphatic heterocycles. The monoisotopic (exact) mass is 315 g/mol. The highest BCUT2D eigenvalue weighted by Gasteiger charge is 2.11. The van der Waals surface area contributed by atoms with Gasteiger partial charge in [0.2, 0.25) is 0 Å². The minimum absolute atomic E-state index is 0.609. The molecule has 4 heteroatoms. The Bertz CT molecular complexity index is 989. The summed E-state index contributed by atoms with van der Waals surface area (Å²) < 4.78 is 11.5. The fourth-order valence-electron chi connectivity index (χ4n) is 2.52. The van der Waals surface area contributed by atoms with E-state index < -0.39 is 0 Å². The van der Waals surface area contributed by atoms with Crippen LogP contribution < -0.4 is 4.74 Å². The van der Waals surface area contributed by atoms with Crippen LogP contribution >= 0.6 is 0 Å². The zero-order valence-corrected chi connectivity index (χ0v) is 12.7. The number of fused-ring (bicyclic) bond motifs is 1. The summed E-state index contributed by atoms with van der Waals surface area (Å²) in [6, 6.07) is 20.3. The van der Waals surface area contributed by atoms with Crippen molar-refractivity contribution in [3.05, 3.63) is 78.6 Å². The summed E-state index contributed by atoms with van der Waals surface area (Å²) in [5, 5.41) is 0.910. The maximum Gasteiger partial charge on any atom is 0.152 e. The summed E-state index contributed by atoms with van der Waals surface area (Å²) in [4.78, 5) is 15.4. The Morgan fingerprint density at radius 3 is 2.54 bits per heavy atom. The molecule has 0 bridgehead atoms. The fraction of sp³-hybridized carbons (Fsp3) is 0. The Kier molecular flexibility index (Phi) is 3.56. The zero-order chi connectivity index (χ0) is 16.4. The Morgan fingerprint density at radius 1 is 0.958 bits per heavy atom. The summed E-state index contributed by atoms with van der Waals surface area (Å²) in [7, 11) is 0. The first-order valence-corrected chi connectivity index (χ1v) is 7.50. The lowest BCUT2D eigenvalue weighted by Gasteiger charge is -2.10. The smallest absolute Gasteiger partial charge is 0.152 e. The molecule has 0 atom stereocenters. The Hall–Kier alpha value is -3.40. The van der Waals surface area contributed by atoms with Gasteiger partial charge in [-0.25, -0.2) is 4.98 Å². The highest BCUT2D eigenvalue weighted by atomic mass is 16.5. The number of nitrogens with zero attached hydrogens (tertiary/aromatic N) is 1. The first-order chi connectivity index (χ1) is 11.8. The summed E-state index contributed by atoms with van der Waals surface area (Å²) in [5.41, 5.74) is 2.14. The molecule has 0 spiro atoms. The highest BCUT2D eigenvalue weighted by Crippen LogP contribution is 2.33. The van der Waals surface area contributed by atoms with E-state index in [-0.39, 0.29) is 0 Å². The molecule has 0 radical (unpaired) electrons. The summed E-state index contributed by atoms with van der Waals surface area (Å²) in [5.74, 6) is 2.02. The maximum absolute atomic E-state index is 10.8. The number of ether oxygens (including phenoxy) is 1. The van der Waals surface area contributed by atoms with Crippen molar-refractivity contribution in [2.75, 3.05) is 0 Å². The van der Waals surface area contributed by atoms with Crippen LogP contribution in [-0.2, 0) is 0 Å². The van der Waals surface area contributed by atoms with E-state index in [0.717, 1.165) is 17.2 Å². The van der Waals surface area contributed by atoms with Gasteiger partial charge >= 0.3 is 0 Å². The molecule has 4 aromatic rings. The third-order valence-electron chi connectivity index (χ3n) is 3.70. The zero-order valence-electron chi connectivity index (χ0n) is 12.7. The third-order valence-corrected chi connectivity index (χ3v) is 3.70. The number of furan rings is 1. The van der Waals surface area contributed by atoms with E-state index in [0.29, 0.717) is 28.5 Å². The van der Waals surface area contributed by atoms with Crippen LogP contribution in [0.3, 0.4) is 0 Å². The number of hydrogen-bond donors (Lipinski definition) is 0. The molecule has 2 aromatic carbocycles. The number of carbonyl (C=O) groups excluding carboxylic acids is 1. The lowest BCUT2D eigenvalue weighted by molar-refractivity contribution is 0.112. The molecule has 4 nitrogen and oxygen atoms in total. The highest BCUT2D eigenvalue weighted by molar-refractivity contribution is 5.87. The molecule has 0 unspecified atom stereocenters. The fourth-order valence-corrected chi connectivity index (χ4v) is 2.52. The first kappa shape index (κ1) is 14.2. The number of rotatable bonds is 4. The van der Waals surface area contributed by atoms with Crippen LogP contribution in [-0.4, -0.2) is 11.3 Å². The van der Waals surface area contributed by atoms with Crippen LogP contribution in [0.1, 0.15) is 10.4 Å². The number of aromatic nitrogens is 1. The molecule has 0 saturated heterocycles. The standard InChI is InChI=1S/C20H13NO3/c22-13-14-7-9-15(10-8-14)24-20-12-18(19-6-3-11-23-19)21-17-5-2-1-4-16(17)20/h1-13H. The van der Waals surface area contributed by atoms with Gasteiger partial charge in [-0.05, 0) is 48.5 Å². The molecule has 0 aliphatic carbocycles. The van der Waals surface area contributed by atoms with Gasteiger partial charge in [-0.1, -0.05) is 12.1 Å². The van der Waals surface area contributed by atoms with Gasteiger partial charge < -0.3 is 9.15 Å². The van der Waals surface area contributed by atoms with Gasteiger partial charge in [-0.15, -0.1) is 0 Å². The van der Waals surface area contributed by atoms with E-state index in [9.17, 15) is 4.79 Å². The van der Waals surface area contributed by atoms with Gasteiger partial charge in [0.25, 0.3) is 0 Å². The Labute approximate surface area is 138 Å². The minimum Gasteiger partial charge on any atom is -0.463 e. The van der Waals surface area contributed by atoms with Crippen molar-refractivity contribution in [2.45, 2.75) is 0 Å². The Balaban J connectivity index is 1.81. The van der Waals surface area contributed by atoms with E-state index in [1.807, 2.05) is 42.5 Å². The number of para-hydroxylation sites is 1. The molecule has 0 amide bonds. The summed E-state index contributed by atoms with van der Waals surface area (Å²) in [6.45, 7) is 0. The molecular weight excluding hydrogens is 302 g/mol. The van der Waals surface area contributed by atoms with E-state index in [1.54, 1.807) is 30.5 Å². The maximum atomic E-state index is 10.8. The number of aldehydes is 1. The van der Waals surface area contributed by atoms with Crippen LogP contribution in [0.25, 0.3) is 22.4 Å². The van der Waals surface area contributed by atoms with Crippen molar-refractivity contribution in [2.24, 2.45) is 0 Å². The van der Waals surface area contributed by atoms with Crippen LogP contribution in [0.5, 0.6) is 11.5 Å². The molecule has 0 fully saturated rings. The van der Waals surface area contributed by atoms with Crippen LogP contribution in [0, 0.1) is 0 Å². The first-order valence-electron chi connectivity index (χ1n) is 7.50. The van der Waals surface area contributed by atoms with Crippen LogP contribution in [0.2, 0.25) is 0 Å². The van der Waals surface area contributed by atoms with Gasteiger partial charge in [-0.2, -0.15) is 0 Å². The topological polar surface area (TPSA) is 52.3 Å². The van der Waals surface area contributed by atoms with Crippen LogP contribution in [0.4, 0.5) is 0 Å². The number of hydrogen-bond acceptors (Lipinski definition) is 4. The van der Waals surface area contributed by atoms with Gasteiger partial charge in [-0.3, -0.25) is 4.79 Å². The second-order valence-corrected chi connectivity index (χ2v) is 5.29. The van der Waals surface area contributed by atoms with Crippen molar-refractivity contribution >= 4 is 17.2 Å². The largest absolute Gasteiger partial charge is 0.463 e. The normalized spacial score (nSPS) is 10.7. The van der Waals surface area contributed by atoms with Gasteiger partial charge in [0, 0.05) is 17.0 Å². The number of benzene rings is 2. The number of pyridine rings is 1. The number of carbonyl (C=O) groups is 1. The van der Waals surface area contributed by atoms with Gasteiger partial charge in [0.1, 0.15) is 23.5 Å². The molecule has 0 aliphatic rings. The lowest BCUT2D eigenvalue weighted by Crippen LogP contribution is -1.91. The van der Waals surface area contributed by atoms with Crippen molar-refractivity contribution < 1.29 is 13.9 Å². The molecule has 0 N–H and O–H groups in total. The molecule has 24 heavy (non-hydrogen) atoms. The quantitative estimate of drug-likeness (QED) is 0.492. The van der Waals surface area contributed by atoms with Crippen molar-refractivity contribution in [1.82, 2.24) is 4.98 Å². The SMILES string of the molecule is O=Cc1ccc(Oc2cc(-c3ccco3)nc3ccccc23)cc1. The minimum atomic E-state index is 0.609. The Morgan fingerprint density at radius 2 is 1.79 bits per heavy atom. The second-order valence-electron chi connectivity index (χ2n) is 5.29. The lowest BCUT2D eigenvalue weighted by atomic mass is 10.1. The predicted molar refractivity (Wildman–Crippen MR) is 91.3 cm³/mol. The molecule has 116 valence electrons. The van der Waals surface area contributed by atoms with Crippen molar-refractivity contribution in [3.8, 4) is 23.0 Å². The van der Waals surface area contributed by atoms with E-state index in [2.05, 4.69) is 4.98 Å². The van der Waals surface area contributed by atoms with Crippen molar-refractivity contribution in [3.63, 3.8) is 0 Å². The van der Waals surface area contributed by atoms with E-state index in [4.69, 9.17) is 9.15 Å². The summed E-state index contributed by atoms with van der Waals surface area (Å²) >= 11 is 0. The molecule has 2 aromatic heterocycles. The van der Waals surface area contributed by atoms with E-state index >= 15 is 0 Å². The van der Waals surface area contributed by atoms with Gasteiger partial charge in [0.15, 0.2) is 5.76 Å². The van der Waals surface area contributed by atoms with E-state index in [1.165, 1.54) is 0 Å². The summed E-state index contributed by atoms with van der Waals surface area (Å²) in [6.07, 6.45) is 2.42. The molecule has 4 rings (SSSR count). The molecular formula is C20H13NO3. The average Bonchev–Trinajstić information content (AvgIpc) is 3.17. The van der Waals surface area contributed by atoms with Crippen molar-refractivity contribution in [1.29, 1.82) is 0 Å². The molecule has 2 heterocycles. The molecule has 0 saturated carbocycles. The third kappa shape index (κ3) is 2.65. The predicted octanol–water partition coefficient (Wildman–Crippen LogP) is 5.10.